The molecule has 0 aliphatic carbocycles. The molecule has 0 saturated carbocycles. The average molecular weight is 251 g/mol. The van der Waals surface area contributed by atoms with E-state index in [-0.39, 0.29) is 6.04 Å². The second kappa shape index (κ2) is 7.07. The Labute approximate surface area is 110 Å². The van der Waals surface area contributed by atoms with E-state index >= 15 is 0 Å². The Morgan fingerprint density at radius 2 is 1.76 bits per heavy atom. The summed E-state index contributed by atoms with van der Waals surface area (Å²) in [6.07, 6.45) is 2.22. The number of rotatable bonds is 6. The Hall–Kier alpha value is -0.470. The molecule has 0 heterocycles. The van der Waals surface area contributed by atoms with Crippen LogP contribution in [0.2, 0.25) is 0 Å². The van der Waals surface area contributed by atoms with Crippen LogP contribution in [-0.2, 0) is 6.42 Å². The van der Waals surface area contributed by atoms with Gasteiger partial charge in [0.1, 0.15) is 0 Å². The van der Waals surface area contributed by atoms with Crippen molar-refractivity contribution in [1.82, 2.24) is 0 Å². The predicted molar refractivity (Wildman–Crippen MR) is 79.8 cm³/mol. The van der Waals surface area contributed by atoms with Crippen LogP contribution in [0.1, 0.15) is 37.0 Å². The smallest absolute Gasteiger partial charge is 0.0171 e. The van der Waals surface area contributed by atoms with Crippen LogP contribution < -0.4 is 5.73 Å². The quantitative estimate of drug-likeness (QED) is 0.834. The van der Waals surface area contributed by atoms with Gasteiger partial charge < -0.3 is 5.73 Å². The van der Waals surface area contributed by atoms with Crippen LogP contribution >= 0.6 is 11.8 Å². The Bertz CT molecular complexity index is 329. The maximum atomic E-state index is 6.19. The van der Waals surface area contributed by atoms with Gasteiger partial charge in [-0.3, -0.25) is 0 Å². The SMILES string of the molecule is CCC(C)SCC(N)Cc1cc(C)cc(C)c1. The first-order chi connectivity index (χ1) is 8.01. The third-order valence-electron chi connectivity index (χ3n) is 2.95. The van der Waals surface area contributed by atoms with Gasteiger partial charge in [-0.05, 0) is 32.3 Å². The van der Waals surface area contributed by atoms with E-state index in [4.69, 9.17) is 5.73 Å². The van der Waals surface area contributed by atoms with Crippen molar-refractivity contribution in [3.8, 4) is 0 Å². The largest absolute Gasteiger partial charge is 0.327 e. The molecule has 0 aromatic heterocycles. The Morgan fingerprint density at radius 1 is 1.18 bits per heavy atom. The molecule has 1 aromatic carbocycles. The zero-order valence-corrected chi connectivity index (χ0v) is 12.3. The van der Waals surface area contributed by atoms with Gasteiger partial charge in [0.25, 0.3) is 0 Å². The lowest BCUT2D eigenvalue weighted by Crippen LogP contribution is -2.26. The van der Waals surface area contributed by atoms with Crippen molar-refractivity contribution < 1.29 is 0 Å². The van der Waals surface area contributed by atoms with Crippen LogP contribution in [-0.4, -0.2) is 17.0 Å². The molecule has 1 aromatic rings. The highest BCUT2D eigenvalue weighted by molar-refractivity contribution is 7.99. The van der Waals surface area contributed by atoms with E-state index in [0.29, 0.717) is 0 Å². The minimum absolute atomic E-state index is 0.273. The number of nitrogens with two attached hydrogens (primary N) is 1. The molecule has 2 heteroatoms. The van der Waals surface area contributed by atoms with Crippen LogP contribution in [0.15, 0.2) is 18.2 Å². The highest BCUT2D eigenvalue weighted by Gasteiger charge is 2.07. The molecule has 0 saturated heterocycles. The van der Waals surface area contributed by atoms with E-state index in [2.05, 4.69) is 45.9 Å². The molecule has 0 fully saturated rings. The fraction of sp³-hybridized carbons (Fsp3) is 0.600. The molecule has 0 radical (unpaired) electrons. The van der Waals surface area contributed by atoms with Gasteiger partial charge in [0.2, 0.25) is 0 Å². The number of benzene rings is 1. The summed E-state index contributed by atoms with van der Waals surface area (Å²) in [5, 5.41) is 0.722. The van der Waals surface area contributed by atoms with Crippen molar-refractivity contribution in [2.24, 2.45) is 5.73 Å². The zero-order chi connectivity index (χ0) is 12.8. The van der Waals surface area contributed by atoms with Crippen LogP contribution in [0.25, 0.3) is 0 Å². The lowest BCUT2D eigenvalue weighted by Gasteiger charge is -2.15. The van der Waals surface area contributed by atoms with Gasteiger partial charge in [-0.25, -0.2) is 0 Å². The van der Waals surface area contributed by atoms with Crippen LogP contribution in [0, 0.1) is 13.8 Å². The molecule has 96 valence electrons. The molecule has 2 atom stereocenters. The maximum absolute atomic E-state index is 6.19. The number of thioether (sulfide) groups is 1. The second-order valence-corrected chi connectivity index (χ2v) is 6.48. The van der Waals surface area contributed by atoms with Crippen molar-refractivity contribution in [3.05, 3.63) is 34.9 Å². The zero-order valence-electron chi connectivity index (χ0n) is 11.5. The van der Waals surface area contributed by atoms with E-state index in [1.807, 2.05) is 11.8 Å². The fourth-order valence-electron chi connectivity index (χ4n) is 1.95. The normalized spacial score (nSPS) is 14.6. The first kappa shape index (κ1) is 14.6. The molecule has 2 N–H and O–H groups in total. The van der Waals surface area contributed by atoms with Crippen molar-refractivity contribution >= 4 is 11.8 Å². The molecule has 1 nitrogen and oxygen atoms in total. The number of aryl methyl sites for hydroxylation is 2. The number of hydrogen-bond donors (Lipinski definition) is 1. The van der Waals surface area contributed by atoms with E-state index in [1.165, 1.54) is 23.1 Å². The predicted octanol–water partition coefficient (Wildman–Crippen LogP) is 3.70. The first-order valence-corrected chi connectivity index (χ1v) is 7.50. The molecule has 2 unspecified atom stereocenters. The minimum atomic E-state index is 0.273. The van der Waals surface area contributed by atoms with Gasteiger partial charge in [0.05, 0.1) is 0 Å². The Morgan fingerprint density at radius 3 is 2.29 bits per heavy atom. The molecular formula is C15H25NS. The molecule has 17 heavy (non-hydrogen) atoms. The van der Waals surface area contributed by atoms with Crippen molar-refractivity contribution in [2.75, 3.05) is 5.75 Å². The Kier molecular flexibility index (Phi) is 6.07. The summed E-state index contributed by atoms with van der Waals surface area (Å²) >= 11 is 1.99. The van der Waals surface area contributed by atoms with Crippen molar-refractivity contribution in [3.63, 3.8) is 0 Å². The number of hydrogen-bond acceptors (Lipinski definition) is 2. The highest BCUT2D eigenvalue weighted by atomic mass is 32.2. The lowest BCUT2D eigenvalue weighted by atomic mass is 10.0. The molecule has 0 aliphatic heterocycles. The molecule has 0 aliphatic rings. The average Bonchev–Trinajstić information content (AvgIpc) is 2.24. The monoisotopic (exact) mass is 251 g/mol. The topological polar surface area (TPSA) is 26.0 Å². The molecule has 0 amide bonds. The van der Waals surface area contributed by atoms with E-state index < -0.39 is 0 Å². The summed E-state index contributed by atoms with van der Waals surface area (Å²) in [5.74, 6) is 1.06. The summed E-state index contributed by atoms with van der Waals surface area (Å²) in [7, 11) is 0. The summed E-state index contributed by atoms with van der Waals surface area (Å²) in [6, 6.07) is 6.99. The summed E-state index contributed by atoms with van der Waals surface area (Å²) < 4.78 is 0. The summed E-state index contributed by atoms with van der Waals surface area (Å²) in [5.41, 5.74) is 10.2. The molecule has 0 spiro atoms. The molecule has 0 bridgehead atoms. The van der Waals surface area contributed by atoms with Crippen LogP contribution in [0.3, 0.4) is 0 Å². The van der Waals surface area contributed by atoms with Crippen molar-refractivity contribution in [2.45, 2.75) is 51.8 Å². The van der Waals surface area contributed by atoms with Crippen LogP contribution in [0.5, 0.6) is 0 Å². The molecular weight excluding hydrogens is 226 g/mol. The third kappa shape index (κ3) is 5.60. The summed E-state index contributed by atoms with van der Waals surface area (Å²) in [4.78, 5) is 0. The van der Waals surface area contributed by atoms with Gasteiger partial charge in [-0.15, -0.1) is 0 Å². The molecule has 1 rings (SSSR count). The van der Waals surface area contributed by atoms with Gasteiger partial charge in [-0.2, -0.15) is 11.8 Å². The van der Waals surface area contributed by atoms with E-state index in [0.717, 1.165) is 17.4 Å². The van der Waals surface area contributed by atoms with Crippen molar-refractivity contribution in [1.29, 1.82) is 0 Å². The van der Waals surface area contributed by atoms with Gasteiger partial charge in [0.15, 0.2) is 0 Å². The standard InChI is InChI=1S/C15H25NS/c1-5-13(4)17-10-15(16)9-14-7-11(2)6-12(3)8-14/h6-8,13,15H,5,9-10,16H2,1-4H3. The third-order valence-corrected chi connectivity index (χ3v) is 4.47. The van der Waals surface area contributed by atoms with Gasteiger partial charge in [0, 0.05) is 17.0 Å². The highest BCUT2D eigenvalue weighted by Crippen LogP contribution is 2.16. The second-order valence-electron chi connectivity index (χ2n) is 5.01. The maximum Gasteiger partial charge on any atom is 0.0171 e. The van der Waals surface area contributed by atoms with E-state index in [9.17, 15) is 0 Å². The van der Waals surface area contributed by atoms with Crippen LogP contribution in [0.4, 0.5) is 0 Å². The van der Waals surface area contributed by atoms with Gasteiger partial charge in [-0.1, -0.05) is 43.2 Å². The minimum Gasteiger partial charge on any atom is -0.327 e. The fourth-order valence-corrected chi connectivity index (χ4v) is 2.88. The first-order valence-electron chi connectivity index (χ1n) is 6.45. The van der Waals surface area contributed by atoms with Gasteiger partial charge >= 0.3 is 0 Å². The Balaban J connectivity index is 2.47. The van der Waals surface area contributed by atoms with E-state index in [1.54, 1.807) is 0 Å². The summed E-state index contributed by atoms with van der Waals surface area (Å²) in [6.45, 7) is 8.80. The lowest BCUT2D eigenvalue weighted by molar-refractivity contribution is 0.744.